The van der Waals surface area contributed by atoms with E-state index in [0.717, 1.165) is 18.5 Å². The average molecular weight is 452 g/mol. The van der Waals surface area contributed by atoms with Gasteiger partial charge in [0, 0.05) is 31.2 Å². The Balaban J connectivity index is 1.97. The van der Waals surface area contributed by atoms with E-state index in [-0.39, 0.29) is 18.2 Å². The van der Waals surface area contributed by atoms with Crippen molar-refractivity contribution >= 4 is 46.1 Å². The second-order valence-corrected chi connectivity index (χ2v) is 9.01. The standard InChI is InChI=1S/C21H29N3O4S2/c1-3-22-21(29)30-13-14(2)19(26)24-11-7-10-17(24)18(25)23-16(20(27)28)12-15-8-5-4-6-9-15/h4-6,8-9,14,16-17H,3,7,10-13H2,1-2H3,(H,22,29)(H,23,25)(H,27,28)/t14?,16-,17-/m0/s1. The number of likely N-dealkylation sites (tertiary alicyclic amines) is 1. The summed E-state index contributed by atoms with van der Waals surface area (Å²) in [4.78, 5) is 39.0. The Bertz CT molecular complexity index is 760. The predicted molar refractivity (Wildman–Crippen MR) is 122 cm³/mol. The molecule has 1 aromatic carbocycles. The molecule has 1 aliphatic rings. The van der Waals surface area contributed by atoms with Gasteiger partial charge in [0.25, 0.3) is 0 Å². The number of carbonyl (C=O) groups is 3. The summed E-state index contributed by atoms with van der Waals surface area (Å²) in [5.41, 5.74) is 0.826. The van der Waals surface area contributed by atoms with Crippen LogP contribution in [0.3, 0.4) is 0 Å². The SMILES string of the molecule is CCNC(=S)SCC(C)C(=O)N1CCC[C@H]1C(=O)N[C@@H](Cc1ccccc1)C(=O)O. The topological polar surface area (TPSA) is 98.7 Å². The van der Waals surface area contributed by atoms with Gasteiger partial charge in [-0.1, -0.05) is 61.2 Å². The molecule has 3 atom stereocenters. The average Bonchev–Trinajstić information content (AvgIpc) is 3.21. The minimum Gasteiger partial charge on any atom is -0.480 e. The Morgan fingerprint density at radius 2 is 2.00 bits per heavy atom. The molecule has 2 amide bonds. The molecule has 1 heterocycles. The molecule has 0 bridgehead atoms. The lowest BCUT2D eigenvalue weighted by Crippen LogP contribution is -2.52. The molecule has 1 fully saturated rings. The lowest BCUT2D eigenvalue weighted by molar-refractivity contribution is -0.144. The van der Waals surface area contributed by atoms with E-state index >= 15 is 0 Å². The molecule has 1 aromatic rings. The van der Waals surface area contributed by atoms with Gasteiger partial charge in [0.15, 0.2) is 0 Å². The number of nitrogens with zero attached hydrogens (tertiary/aromatic N) is 1. The normalized spacial score (nSPS) is 17.8. The molecule has 7 nitrogen and oxygen atoms in total. The van der Waals surface area contributed by atoms with Crippen molar-refractivity contribution in [2.75, 3.05) is 18.8 Å². The maximum Gasteiger partial charge on any atom is 0.326 e. The fourth-order valence-corrected chi connectivity index (χ4v) is 4.51. The molecule has 0 aromatic heterocycles. The van der Waals surface area contributed by atoms with E-state index in [1.807, 2.05) is 44.2 Å². The number of nitrogens with one attached hydrogen (secondary N) is 2. The summed E-state index contributed by atoms with van der Waals surface area (Å²) in [5.74, 6) is -1.37. The number of hydrogen-bond donors (Lipinski definition) is 3. The zero-order valence-corrected chi connectivity index (χ0v) is 18.9. The van der Waals surface area contributed by atoms with Gasteiger partial charge in [-0.3, -0.25) is 9.59 Å². The number of carboxylic acids is 1. The van der Waals surface area contributed by atoms with Crippen LogP contribution in [0, 0.1) is 5.92 Å². The van der Waals surface area contributed by atoms with E-state index in [2.05, 4.69) is 10.6 Å². The summed E-state index contributed by atoms with van der Waals surface area (Å²) in [6.07, 6.45) is 1.44. The molecule has 1 unspecified atom stereocenters. The predicted octanol–water partition coefficient (Wildman–Crippen LogP) is 2.05. The maximum absolute atomic E-state index is 12.9. The van der Waals surface area contributed by atoms with Gasteiger partial charge in [-0.25, -0.2) is 4.79 Å². The van der Waals surface area contributed by atoms with Gasteiger partial charge in [0.2, 0.25) is 11.8 Å². The molecule has 1 saturated heterocycles. The highest BCUT2D eigenvalue weighted by molar-refractivity contribution is 8.22. The molecular formula is C21H29N3O4S2. The van der Waals surface area contributed by atoms with Crippen molar-refractivity contribution in [3.8, 4) is 0 Å². The molecule has 0 radical (unpaired) electrons. The van der Waals surface area contributed by atoms with E-state index in [1.165, 1.54) is 11.8 Å². The van der Waals surface area contributed by atoms with Gasteiger partial charge < -0.3 is 20.6 Å². The second kappa shape index (κ2) is 11.9. The fourth-order valence-electron chi connectivity index (χ4n) is 3.37. The Morgan fingerprint density at radius 3 is 2.63 bits per heavy atom. The number of aliphatic carboxylic acids is 1. The van der Waals surface area contributed by atoms with Gasteiger partial charge in [-0.2, -0.15) is 0 Å². The van der Waals surface area contributed by atoms with Crippen LogP contribution >= 0.6 is 24.0 Å². The van der Waals surface area contributed by atoms with Crippen LogP contribution in [0.4, 0.5) is 0 Å². The Labute approximate surface area is 187 Å². The maximum atomic E-state index is 12.9. The summed E-state index contributed by atoms with van der Waals surface area (Å²) >= 11 is 6.61. The Hall–Kier alpha value is -2.13. The van der Waals surface area contributed by atoms with Crippen molar-refractivity contribution in [2.24, 2.45) is 5.92 Å². The van der Waals surface area contributed by atoms with Crippen LogP contribution in [-0.2, 0) is 20.8 Å². The third-order valence-corrected chi connectivity index (χ3v) is 6.51. The van der Waals surface area contributed by atoms with Crippen LogP contribution < -0.4 is 10.6 Å². The van der Waals surface area contributed by atoms with E-state index in [1.54, 1.807) is 4.90 Å². The Morgan fingerprint density at radius 1 is 1.30 bits per heavy atom. The molecule has 30 heavy (non-hydrogen) atoms. The first-order valence-corrected chi connectivity index (χ1v) is 11.5. The first kappa shape index (κ1) is 24.1. The number of benzene rings is 1. The molecule has 1 aliphatic heterocycles. The monoisotopic (exact) mass is 451 g/mol. The van der Waals surface area contributed by atoms with Crippen LogP contribution in [0.5, 0.6) is 0 Å². The summed E-state index contributed by atoms with van der Waals surface area (Å²) in [7, 11) is 0. The molecule has 0 spiro atoms. The second-order valence-electron chi connectivity index (χ2n) is 7.31. The van der Waals surface area contributed by atoms with Crippen molar-refractivity contribution in [1.29, 1.82) is 0 Å². The van der Waals surface area contributed by atoms with E-state index in [9.17, 15) is 19.5 Å². The quantitative estimate of drug-likeness (QED) is 0.494. The summed E-state index contributed by atoms with van der Waals surface area (Å²) in [5, 5.41) is 15.2. The van der Waals surface area contributed by atoms with Crippen LogP contribution in [0.1, 0.15) is 32.3 Å². The van der Waals surface area contributed by atoms with Crippen molar-refractivity contribution in [2.45, 2.75) is 45.2 Å². The fraction of sp³-hybridized carbons (Fsp3) is 0.524. The lowest BCUT2D eigenvalue weighted by Gasteiger charge is -2.28. The summed E-state index contributed by atoms with van der Waals surface area (Å²) in [6.45, 7) is 5.01. The van der Waals surface area contributed by atoms with Gasteiger partial charge in [0.1, 0.15) is 16.4 Å². The first-order valence-electron chi connectivity index (χ1n) is 10.1. The number of carbonyl (C=O) groups excluding carboxylic acids is 2. The number of rotatable bonds is 9. The summed E-state index contributed by atoms with van der Waals surface area (Å²) < 4.78 is 0.651. The number of hydrogen-bond acceptors (Lipinski definition) is 5. The van der Waals surface area contributed by atoms with E-state index in [4.69, 9.17) is 12.2 Å². The number of thiocarbonyl (C=S) groups is 1. The van der Waals surface area contributed by atoms with E-state index < -0.39 is 24.0 Å². The summed E-state index contributed by atoms with van der Waals surface area (Å²) in [6, 6.07) is 7.48. The van der Waals surface area contributed by atoms with Crippen LogP contribution in [0.15, 0.2) is 30.3 Å². The molecule has 3 N–H and O–H groups in total. The van der Waals surface area contributed by atoms with Crippen LogP contribution in [-0.4, -0.2) is 63.0 Å². The van der Waals surface area contributed by atoms with E-state index in [0.29, 0.717) is 23.0 Å². The third kappa shape index (κ3) is 6.98. The molecule has 2 rings (SSSR count). The van der Waals surface area contributed by atoms with Gasteiger partial charge >= 0.3 is 5.97 Å². The molecule has 0 saturated carbocycles. The number of carboxylic acid groups (broad SMARTS) is 1. The number of amides is 2. The van der Waals surface area contributed by atoms with Gasteiger partial charge in [0.05, 0.1) is 0 Å². The van der Waals surface area contributed by atoms with Crippen molar-refractivity contribution in [1.82, 2.24) is 15.5 Å². The highest BCUT2D eigenvalue weighted by Gasteiger charge is 2.37. The number of thioether (sulfide) groups is 1. The Kier molecular flexibility index (Phi) is 9.58. The van der Waals surface area contributed by atoms with Crippen molar-refractivity contribution < 1.29 is 19.5 Å². The highest BCUT2D eigenvalue weighted by atomic mass is 32.2. The van der Waals surface area contributed by atoms with Crippen molar-refractivity contribution in [3.05, 3.63) is 35.9 Å². The molecule has 9 heteroatoms. The third-order valence-electron chi connectivity index (χ3n) is 4.94. The minimum absolute atomic E-state index is 0.102. The zero-order chi connectivity index (χ0) is 22.1. The van der Waals surface area contributed by atoms with Crippen LogP contribution in [0.2, 0.25) is 0 Å². The largest absolute Gasteiger partial charge is 0.480 e. The lowest BCUT2D eigenvalue weighted by atomic mass is 10.1. The van der Waals surface area contributed by atoms with Gasteiger partial charge in [-0.05, 0) is 25.3 Å². The molecular weight excluding hydrogens is 422 g/mol. The minimum atomic E-state index is -1.09. The van der Waals surface area contributed by atoms with Crippen molar-refractivity contribution in [3.63, 3.8) is 0 Å². The highest BCUT2D eigenvalue weighted by Crippen LogP contribution is 2.22. The van der Waals surface area contributed by atoms with Gasteiger partial charge in [-0.15, -0.1) is 0 Å². The first-order chi connectivity index (χ1) is 14.3. The zero-order valence-electron chi connectivity index (χ0n) is 17.3. The molecule has 0 aliphatic carbocycles. The molecule has 164 valence electrons. The van der Waals surface area contributed by atoms with Crippen LogP contribution in [0.25, 0.3) is 0 Å². The smallest absolute Gasteiger partial charge is 0.326 e.